The third kappa shape index (κ3) is 2.92. The van der Waals surface area contributed by atoms with Crippen LogP contribution in [0.2, 0.25) is 5.15 Å². The molecule has 4 aromatic heterocycles. The zero-order valence-corrected chi connectivity index (χ0v) is 14.4. The van der Waals surface area contributed by atoms with Crippen LogP contribution < -0.4 is 4.74 Å². The summed E-state index contributed by atoms with van der Waals surface area (Å²) < 4.78 is 7.03. The van der Waals surface area contributed by atoms with Gasteiger partial charge in [0.15, 0.2) is 0 Å². The van der Waals surface area contributed by atoms with Gasteiger partial charge in [-0.2, -0.15) is 5.10 Å². The summed E-state index contributed by atoms with van der Waals surface area (Å²) in [5.41, 5.74) is 5.05. The zero-order valence-electron chi connectivity index (χ0n) is 13.6. The molecule has 0 aliphatic rings. The molecule has 0 amide bonds. The molecular weight excluding hydrogens is 338 g/mol. The average molecular weight is 352 g/mol. The molecule has 4 rings (SSSR count). The van der Waals surface area contributed by atoms with Crippen molar-refractivity contribution in [3.63, 3.8) is 0 Å². The van der Waals surface area contributed by atoms with Crippen molar-refractivity contribution in [2.75, 3.05) is 7.11 Å². The van der Waals surface area contributed by atoms with Gasteiger partial charge in [0.25, 0.3) is 0 Å². The molecule has 0 spiro atoms. The van der Waals surface area contributed by atoms with Crippen LogP contribution in [-0.4, -0.2) is 31.8 Å². The van der Waals surface area contributed by atoms with Crippen LogP contribution in [0, 0.1) is 0 Å². The molecule has 4 heterocycles. The Bertz CT molecular complexity index is 1080. The summed E-state index contributed by atoms with van der Waals surface area (Å²) >= 11 is 6.00. The summed E-state index contributed by atoms with van der Waals surface area (Å²) in [6, 6.07) is 7.45. The fourth-order valence-corrected chi connectivity index (χ4v) is 2.86. The first-order valence-corrected chi connectivity index (χ1v) is 7.97. The summed E-state index contributed by atoms with van der Waals surface area (Å²) in [4.78, 5) is 13.0. The summed E-state index contributed by atoms with van der Waals surface area (Å²) in [6.45, 7) is 0. The molecular formula is C18H14ClN5O. The third-order valence-corrected chi connectivity index (χ3v) is 4.08. The van der Waals surface area contributed by atoms with Crippen molar-refractivity contribution in [3.05, 3.63) is 54.2 Å². The van der Waals surface area contributed by atoms with E-state index < -0.39 is 0 Å². The highest BCUT2D eigenvalue weighted by Gasteiger charge is 2.14. The summed E-state index contributed by atoms with van der Waals surface area (Å²) in [5.74, 6) is 0.680. The number of ether oxygens (including phenoxy) is 1. The molecule has 0 bridgehead atoms. The van der Waals surface area contributed by atoms with Crippen LogP contribution in [0.4, 0.5) is 0 Å². The lowest BCUT2D eigenvalue weighted by Crippen LogP contribution is -1.90. The second-order valence-corrected chi connectivity index (χ2v) is 5.96. The molecule has 0 saturated heterocycles. The number of rotatable bonds is 3. The van der Waals surface area contributed by atoms with Gasteiger partial charge in [-0.1, -0.05) is 11.6 Å². The number of nitrogens with zero attached hydrogens (tertiary/aromatic N) is 5. The third-order valence-electron chi connectivity index (χ3n) is 3.87. The predicted molar refractivity (Wildman–Crippen MR) is 96.5 cm³/mol. The number of pyridine rings is 3. The summed E-state index contributed by atoms with van der Waals surface area (Å²) in [7, 11) is 3.49. The Kier molecular flexibility index (Phi) is 3.82. The van der Waals surface area contributed by atoms with E-state index in [1.807, 2.05) is 37.6 Å². The van der Waals surface area contributed by atoms with E-state index in [2.05, 4.69) is 20.1 Å². The van der Waals surface area contributed by atoms with Gasteiger partial charge in [0.2, 0.25) is 0 Å². The second kappa shape index (κ2) is 6.14. The van der Waals surface area contributed by atoms with E-state index in [0.717, 1.165) is 33.4 Å². The monoisotopic (exact) mass is 351 g/mol. The van der Waals surface area contributed by atoms with Crippen molar-refractivity contribution < 1.29 is 4.74 Å². The van der Waals surface area contributed by atoms with E-state index in [9.17, 15) is 0 Å². The summed E-state index contributed by atoms with van der Waals surface area (Å²) in [6.07, 6.45) is 7.18. The number of methoxy groups -OCH3 is 1. The molecule has 25 heavy (non-hydrogen) atoms. The molecule has 0 saturated carbocycles. The first-order valence-electron chi connectivity index (χ1n) is 7.60. The van der Waals surface area contributed by atoms with E-state index >= 15 is 0 Å². The van der Waals surface area contributed by atoms with Crippen molar-refractivity contribution in [2.24, 2.45) is 7.05 Å². The van der Waals surface area contributed by atoms with Crippen LogP contribution in [0.15, 0.2) is 49.1 Å². The highest BCUT2D eigenvalue weighted by atomic mass is 35.5. The SMILES string of the molecule is COc1cncc(-c2nn(C)cc2-c2cnc3ccc(Cl)nc3c2)c1. The molecule has 7 heteroatoms. The van der Waals surface area contributed by atoms with Crippen molar-refractivity contribution in [2.45, 2.75) is 0 Å². The number of halogens is 1. The number of aromatic nitrogens is 5. The molecule has 0 N–H and O–H groups in total. The molecule has 0 atom stereocenters. The highest BCUT2D eigenvalue weighted by Crippen LogP contribution is 2.32. The zero-order chi connectivity index (χ0) is 17.4. The van der Waals surface area contributed by atoms with Gasteiger partial charge >= 0.3 is 0 Å². The maximum atomic E-state index is 6.00. The van der Waals surface area contributed by atoms with Crippen molar-refractivity contribution in [3.8, 4) is 28.1 Å². The van der Waals surface area contributed by atoms with Crippen LogP contribution in [0.1, 0.15) is 0 Å². The quantitative estimate of drug-likeness (QED) is 0.526. The minimum absolute atomic E-state index is 0.440. The van der Waals surface area contributed by atoms with Crippen LogP contribution in [0.25, 0.3) is 33.4 Å². The van der Waals surface area contributed by atoms with Gasteiger partial charge in [0.05, 0.1) is 24.3 Å². The minimum atomic E-state index is 0.440. The molecule has 0 aliphatic carbocycles. The molecule has 0 radical (unpaired) electrons. The lowest BCUT2D eigenvalue weighted by Gasteiger charge is -2.05. The Morgan fingerprint density at radius 1 is 1.04 bits per heavy atom. The van der Waals surface area contributed by atoms with Crippen molar-refractivity contribution in [1.29, 1.82) is 0 Å². The van der Waals surface area contributed by atoms with Crippen LogP contribution in [0.3, 0.4) is 0 Å². The van der Waals surface area contributed by atoms with Gasteiger partial charge in [-0.3, -0.25) is 14.6 Å². The highest BCUT2D eigenvalue weighted by molar-refractivity contribution is 6.29. The second-order valence-electron chi connectivity index (χ2n) is 5.57. The van der Waals surface area contributed by atoms with Crippen molar-refractivity contribution >= 4 is 22.6 Å². The number of hydrogen-bond acceptors (Lipinski definition) is 5. The van der Waals surface area contributed by atoms with E-state index in [4.69, 9.17) is 16.3 Å². The first kappa shape index (κ1) is 15.5. The van der Waals surface area contributed by atoms with E-state index in [1.165, 1.54) is 0 Å². The molecule has 6 nitrogen and oxygen atoms in total. The molecule has 0 fully saturated rings. The standard InChI is InChI=1S/C18H14ClN5O/c1-24-10-14(18(23-24)12-5-13(25-2)9-20-7-12)11-6-16-15(21-8-11)3-4-17(19)22-16/h3-10H,1-2H3. The largest absolute Gasteiger partial charge is 0.495 e. The minimum Gasteiger partial charge on any atom is -0.495 e. The van der Waals surface area contributed by atoms with Crippen LogP contribution >= 0.6 is 11.6 Å². The fourth-order valence-electron chi connectivity index (χ4n) is 2.70. The smallest absolute Gasteiger partial charge is 0.137 e. The predicted octanol–water partition coefficient (Wildman–Crippen LogP) is 3.75. The molecule has 124 valence electrons. The van der Waals surface area contributed by atoms with Gasteiger partial charge < -0.3 is 4.74 Å². The maximum Gasteiger partial charge on any atom is 0.137 e. The first-order chi connectivity index (χ1) is 12.1. The number of aryl methyl sites for hydroxylation is 1. The Labute approximate surface area is 149 Å². The Morgan fingerprint density at radius 2 is 1.92 bits per heavy atom. The lowest BCUT2D eigenvalue weighted by molar-refractivity contribution is 0.413. The lowest BCUT2D eigenvalue weighted by atomic mass is 10.0. The van der Waals surface area contributed by atoms with Gasteiger partial charge in [-0.15, -0.1) is 0 Å². The van der Waals surface area contributed by atoms with Crippen LogP contribution in [-0.2, 0) is 7.05 Å². The van der Waals surface area contributed by atoms with E-state index in [1.54, 1.807) is 30.3 Å². The normalized spacial score (nSPS) is 11.0. The number of hydrogen-bond donors (Lipinski definition) is 0. The van der Waals surface area contributed by atoms with E-state index in [0.29, 0.717) is 10.9 Å². The maximum absolute atomic E-state index is 6.00. The Hall–Kier alpha value is -2.99. The molecule has 4 aromatic rings. The Balaban J connectivity index is 1.88. The Morgan fingerprint density at radius 3 is 2.76 bits per heavy atom. The summed E-state index contributed by atoms with van der Waals surface area (Å²) in [5, 5.41) is 5.02. The number of fused-ring (bicyclic) bond motifs is 1. The molecule has 0 unspecified atom stereocenters. The van der Waals surface area contributed by atoms with Gasteiger partial charge in [0.1, 0.15) is 16.6 Å². The van der Waals surface area contributed by atoms with Crippen LogP contribution in [0.5, 0.6) is 5.75 Å². The molecule has 0 aliphatic heterocycles. The van der Waals surface area contributed by atoms with Gasteiger partial charge in [-0.05, 0) is 24.3 Å². The van der Waals surface area contributed by atoms with Gasteiger partial charge in [0, 0.05) is 42.3 Å². The average Bonchev–Trinajstić information content (AvgIpc) is 3.03. The van der Waals surface area contributed by atoms with Gasteiger partial charge in [-0.25, -0.2) is 4.98 Å². The fraction of sp³-hybridized carbons (Fsp3) is 0.111. The van der Waals surface area contributed by atoms with E-state index in [-0.39, 0.29) is 0 Å². The topological polar surface area (TPSA) is 65.7 Å². The molecule has 0 aromatic carbocycles. The van der Waals surface area contributed by atoms with Crippen molar-refractivity contribution in [1.82, 2.24) is 24.7 Å².